The number of fused-ring (bicyclic) bond motifs is 3. The fraction of sp³-hybridized carbons (Fsp3) is 0.250. The summed E-state index contributed by atoms with van der Waals surface area (Å²) in [6, 6.07) is 9.00. The molecule has 1 amide bonds. The number of carbonyl (C=O) groups is 1. The Morgan fingerprint density at radius 1 is 1.18 bits per heavy atom. The maximum absolute atomic E-state index is 16.2. The number of amides is 1. The smallest absolute Gasteiger partial charge is 0.274 e. The first-order valence-electron chi connectivity index (χ1n) is 15.5. The van der Waals surface area contributed by atoms with E-state index in [0.717, 1.165) is 11.8 Å². The normalized spacial score (nSPS) is 15.6. The van der Waals surface area contributed by atoms with Crippen LogP contribution in [-0.2, 0) is 34.4 Å². The van der Waals surface area contributed by atoms with Gasteiger partial charge >= 0.3 is 0 Å². The van der Waals surface area contributed by atoms with Crippen molar-refractivity contribution in [3.63, 3.8) is 0 Å². The van der Waals surface area contributed by atoms with Crippen LogP contribution < -0.4 is 5.56 Å². The Hall–Kier alpha value is -5.27. The van der Waals surface area contributed by atoms with Gasteiger partial charge in [-0.2, -0.15) is 10.2 Å². The second kappa shape index (κ2) is 14.1. The molecule has 1 atom stereocenters. The maximum Gasteiger partial charge on any atom is 0.274 e. The summed E-state index contributed by atoms with van der Waals surface area (Å²) in [7, 11) is 3.12. The highest BCUT2D eigenvalue weighted by Gasteiger charge is 2.31. The van der Waals surface area contributed by atoms with Gasteiger partial charge in [-0.3, -0.25) is 14.3 Å². The Morgan fingerprint density at radius 3 is 2.73 bits per heavy atom. The van der Waals surface area contributed by atoms with Gasteiger partial charge in [0.05, 0.1) is 54.6 Å². The third-order valence-corrected chi connectivity index (χ3v) is 9.38. The molecule has 0 N–H and O–H groups in total. The van der Waals surface area contributed by atoms with Gasteiger partial charge < -0.3 is 14.4 Å². The zero-order valence-electron chi connectivity index (χ0n) is 27.4. The van der Waals surface area contributed by atoms with Gasteiger partial charge in [-0.25, -0.2) is 18.4 Å². The lowest BCUT2D eigenvalue weighted by Crippen LogP contribution is -2.44. The number of carbonyl (C=O) groups excluding carboxylic acids is 1. The fourth-order valence-electron chi connectivity index (χ4n) is 6.02. The zero-order chi connectivity index (χ0) is 34.8. The highest BCUT2D eigenvalue weighted by Crippen LogP contribution is 2.45. The summed E-state index contributed by atoms with van der Waals surface area (Å²) in [5, 5.41) is 12.7. The van der Waals surface area contributed by atoms with Crippen molar-refractivity contribution in [1.29, 1.82) is 0 Å². The predicted octanol–water partition coefficient (Wildman–Crippen LogP) is 6.72. The van der Waals surface area contributed by atoms with Crippen LogP contribution in [0.15, 0.2) is 89.4 Å². The number of aromatic nitrogens is 5. The molecule has 5 heterocycles. The average Bonchev–Trinajstić information content (AvgIpc) is 3.76. The molecule has 0 saturated heterocycles. The molecule has 252 valence electrons. The van der Waals surface area contributed by atoms with E-state index in [0.29, 0.717) is 55.6 Å². The van der Waals surface area contributed by atoms with Crippen molar-refractivity contribution >= 4 is 43.7 Å². The van der Waals surface area contributed by atoms with E-state index >= 15 is 4.39 Å². The van der Waals surface area contributed by atoms with Crippen LogP contribution in [-0.4, -0.2) is 61.7 Å². The number of hydrogen-bond donors (Lipinski definition) is 0. The van der Waals surface area contributed by atoms with Gasteiger partial charge in [-0.05, 0) is 49.6 Å². The standard InChI is InChI=1S/C36H34F2N6O4S/c1-6-29(48-14-13-47-5)31(27(38)10-12-37)32-34(28-17-24-20-43(30(45)7-2)21(3)19-44(24)41-28)40-33(25-11-15-49-35(25)32)22-8-9-23-18-39-42(4)36(46)26(23)16-22/h6-12,15-18,21H,2,13-14,19-20H2,1,3-5H3/b12-10+,29-6+,31-27-/t21-/m1/s1. The van der Waals surface area contributed by atoms with Gasteiger partial charge in [0.15, 0.2) is 0 Å². The molecule has 5 aromatic rings. The Balaban J connectivity index is 1.66. The fourth-order valence-corrected chi connectivity index (χ4v) is 6.97. The summed E-state index contributed by atoms with van der Waals surface area (Å²) in [6.45, 7) is 8.33. The van der Waals surface area contributed by atoms with Gasteiger partial charge in [0.25, 0.3) is 5.56 Å². The Morgan fingerprint density at radius 2 is 2.00 bits per heavy atom. The molecular weight excluding hydrogens is 650 g/mol. The third-order valence-electron chi connectivity index (χ3n) is 8.45. The molecule has 0 aliphatic carbocycles. The minimum atomic E-state index is -0.874. The number of pyridine rings is 1. The number of rotatable bonds is 10. The molecular formula is C36H34F2N6O4S. The first-order valence-corrected chi connectivity index (χ1v) is 16.4. The van der Waals surface area contributed by atoms with Crippen LogP contribution in [0, 0.1) is 0 Å². The molecule has 1 aliphatic heterocycles. The van der Waals surface area contributed by atoms with Crippen LogP contribution >= 0.6 is 11.3 Å². The van der Waals surface area contributed by atoms with E-state index in [4.69, 9.17) is 19.6 Å². The van der Waals surface area contributed by atoms with Crippen LogP contribution in [0.2, 0.25) is 0 Å². The topological polar surface area (TPSA) is 104 Å². The van der Waals surface area contributed by atoms with Gasteiger partial charge in [-0.15, -0.1) is 11.3 Å². The molecule has 4 aromatic heterocycles. The van der Waals surface area contributed by atoms with Crippen molar-refractivity contribution < 1.29 is 23.0 Å². The van der Waals surface area contributed by atoms with E-state index in [2.05, 4.69) is 11.7 Å². The molecule has 13 heteroatoms. The lowest BCUT2D eigenvalue weighted by atomic mass is 9.95. The first kappa shape index (κ1) is 33.6. The minimum absolute atomic E-state index is 0.00439. The Bertz CT molecular complexity index is 2250. The van der Waals surface area contributed by atoms with E-state index < -0.39 is 5.83 Å². The summed E-state index contributed by atoms with van der Waals surface area (Å²) < 4.78 is 44.8. The molecule has 0 bridgehead atoms. The zero-order valence-corrected chi connectivity index (χ0v) is 28.3. The van der Waals surface area contributed by atoms with Crippen molar-refractivity contribution in [1.82, 2.24) is 29.4 Å². The molecule has 6 rings (SSSR count). The molecule has 1 aromatic carbocycles. The number of benzene rings is 1. The lowest BCUT2D eigenvalue weighted by Gasteiger charge is -2.33. The molecule has 10 nitrogen and oxygen atoms in total. The lowest BCUT2D eigenvalue weighted by molar-refractivity contribution is -0.129. The molecule has 0 fully saturated rings. The van der Waals surface area contributed by atoms with E-state index in [-0.39, 0.29) is 54.9 Å². The number of aryl methyl sites for hydroxylation is 1. The number of hydrogen-bond acceptors (Lipinski definition) is 8. The summed E-state index contributed by atoms with van der Waals surface area (Å²) in [4.78, 5) is 32.6. The second-order valence-corrected chi connectivity index (χ2v) is 12.4. The summed E-state index contributed by atoms with van der Waals surface area (Å²) in [5.74, 6) is -0.905. The van der Waals surface area contributed by atoms with Gasteiger partial charge in [-0.1, -0.05) is 18.7 Å². The summed E-state index contributed by atoms with van der Waals surface area (Å²) >= 11 is 1.36. The Kier molecular flexibility index (Phi) is 9.65. The molecule has 49 heavy (non-hydrogen) atoms. The van der Waals surface area contributed by atoms with Gasteiger partial charge in [0.1, 0.15) is 29.6 Å². The molecule has 0 radical (unpaired) electrons. The van der Waals surface area contributed by atoms with Crippen LogP contribution in [0.4, 0.5) is 8.78 Å². The highest BCUT2D eigenvalue weighted by atomic mass is 32.1. The highest BCUT2D eigenvalue weighted by molar-refractivity contribution is 7.17. The maximum atomic E-state index is 16.2. The van der Waals surface area contributed by atoms with Crippen molar-refractivity contribution in [3.05, 3.63) is 106 Å². The predicted molar refractivity (Wildman–Crippen MR) is 187 cm³/mol. The van der Waals surface area contributed by atoms with Crippen molar-refractivity contribution in [2.24, 2.45) is 7.05 Å². The van der Waals surface area contributed by atoms with E-state index in [1.165, 1.54) is 29.2 Å². The Labute approximate surface area is 284 Å². The van der Waals surface area contributed by atoms with Gasteiger partial charge in [0, 0.05) is 52.9 Å². The summed E-state index contributed by atoms with van der Waals surface area (Å²) in [6.07, 6.45) is 5.39. The largest absolute Gasteiger partial charge is 0.491 e. The average molecular weight is 685 g/mol. The van der Waals surface area contributed by atoms with Gasteiger partial charge in [0.2, 0.25) is 5.91 Å². The quantitative estimate of drug-likeness (QED) is 0.0696. The van der Waals surface area contributed by atoms with Crippen molar-refractivity contribution in [2.75, 3.05) is 20.3 Å². The second-order valence-electron chi connectivity index (χ2n) is 11.5. The molecule has 0 unspecified atom stereocenters. The van der Waals surface area contributed by atoms with E-state index in [1.54, 1.807) is 37.2 Å². The number of methoxy groups -OCH3 is 1. The van der Waals surface area contributed by atoms with Crippen molar-refractivity contribution in [2.45, 2.75) is 33.0 Å². The van der Waals surface area contributed by atoms with E-state index in [9.17, 15) is 14.0 Å². The molecule has 1 aliphatic rings. The number of halogens is 2. The molecule has 0 saturated carbocycles. The number of allylic oxidation sites excluding steroid dienone is 4. The van der Waals surface area contributed by atoms with Crippen LogP contribution in [0.25, 0.3) is 49.1 Å². The monoisotopic (exact) mass is 684 g/mol. The van der Waals surface area contributed by atoms with Crippen LogP contribution in [0.3, 0.4) is 0 Å². The summed E-state index contributed by atoms with van der Waals surface area (Å²) in [5.41, 5.74) is 2.78. The van der Waals surface area contributed by atoms with E-state index in [1.807, 2.05) is 41.3 Å². The first-order chi connectivity index (χ1) is 23.7. The minimum Gasteiger partial charge on any atom is -0.491 e. The molecule has 0 spiro atoms. The van der Waals surface area contributed by atoms with Crippen LogP contribution in [0.5, 0.6) is 0 Å². The number of thiophene rings is 1. The third kappa shape index (κ3) is 6.22. The van der Waals surface area contributed by atoms with Crippen LogP contribution in [0.1, 0.15) is 25.1 Å². The van der Waals surface area contributed by atoms with Crippen molar-refractivity contribution in [3.8, 4) is 22.6 Å². The SMILES string of the molecule is C=CC(=O)N1Cc2cc(-c3nc(-c4ccc5cnn(C)c(=O)c5c4)c4ccsc4c3C(/C(=C\C)OCCOC)=C(F)/C=C/F)nn2C[C@H]1C. The number of ether oxygens (including phenoxy) is 2. The number of nitrogens with zero attached hydrogens (tertiary/aromatic N) is 6.